The number of carbonyl (C=O) groups is 1. The quantitative estimate of drug-likeness (QED) is 0.761. The number of hydrogen-bond acceptors (Lipinski definition) is 4. The summed E-state index contributed by atoms with van der Waals surface area (Å²) in [5, 5.41) is 3.97. The molecule has 2 aromatic rings. The van der Waals surface area contributed by atoms with Crippen molar-refractivity contribution in [2.75, 3.05) is 5.73 Å². The van der Waals surface area contributed by atoms with Gasteiger partial charge in [0.25, 0.3) is 5.91 Å². The van der Waals surface area contributed by atoms with Gasteiger partial charge in [0.05, 0.1) is 5.69 Å². The number of nitrogens with two attached hydrogens (primary N) is 2. The molecule has 0 saturated heterocycles. The van der Waals surface area contributed by atoms with Crippen molar-refractivity contribution >= 4 is 48.9 Å². The van der Waals surface area contributed by atoms with E-state index in [-0.39, 0.29) is 18.0 Å². The van der Waals surface area contributed by atoms with E-state index < -0.39 is 0 Å². The van der Waals surface area contributed by atoms with Crippen LogP contribution >= 0.6 is 27.3 Å². The van der Waals surface area contributed by atoms with Gasteiger partial charge < -0.3 is 16.8 Å². The monoisotopic (exact) mass is 367 g/mol. The van der Waals surface area contributed by atoms with Crippen LogP contribution in [-0.2, 0) is 0 Å². The summed E-state index contributed by atoms with van der Waals surface area (Å²) in [6, 6.07) is 5.96. The zero-order valence-electron chi connectivity index (χ0n) is 11.6. The number of benzene rings is 1. The van der Waals surface area contributed by atoms with Gasteiger partial charge in [-0.15, -0.1) is 11.3 Å². The van der Waals surface area contributed by atoms with Crippen LogP contribution in [0.5, 0.6) is 0 Å². The van der Waals surface area contributed by atoms with Gasteiger partial charge in [0, 0.05) is 26.6 Å². The van der Waals surface area contributed by atoms with Crippen LogP contribution in [0.25, 0.3) is 10.1 Å². The molecule has 2 unspecified atom stereocenters. The predicted octanol–water partition coefficient (Wildman–Crippen LogP) is 3.25. The van der Waals surface area contributed by atoms with Crippen LogP contribution in [0.1, 0.15) is 35.4 Å². The van der Waals surface area contributed by atoms with Gasteiger partial charge in [-0.25, -0.2) is 0 Å². The Hall–Kier alpha value is -1.11. The molecule has 0 radical (unpaired) electrons. The summed E-state index contributed by atoms with van der Waals surface area (Å²) in [4.78, 5) is 13.1. The minimum absolute atomic E-state index is 0.0463. The van der Waals surface area contributed by atoms with E-state index in [1.165, 1.54) is 11.3 Å². The van der Waals surface area contributed by atoms with Gasteiger partial charge in [-0.2, -0.15) is 0 Å². The molecular formula is C15H18BrN3OS. The Bertz CT molecular complexity index is 685. The molecule has 6 heteroatoms. The Morgan fingerprint density at radius 1 is 1.33 bits per heavy atom. The predicted molar refractivity (Wildman–Crippen MR) is 91.6 cm³/mol. The summed E-state index contributed by atoms with van der Waals surface area (Å²) in [7, 11) is 0. The van der Waals surface area contributed by atoms with Crippen LogP contribution in [0.15, 0.2) is 22.7 Å². The Kier molecular flexibility index (Phi) is 4.19. The van der Waals surface area contributed by atoms with E-state index in [2.05, 4.69) is 21.2 Å². The highest BCUT2D eigenvalue weighted by Gasteiger charge is 2.26. The van der Waals surface area contributed by atoms with Gasteiger partial charge in [-0.05, 0) is 25.0 Å². The van der Waals surface area contributed by atoms with Crippen molar-refractivity contribution in [3.63, 3.8) is 0 Å². The van der Waals surface area contributed by atoms with Crippen molar-refractivity contribution in [1.82, 2.24) is 5.32 Å². The van der Waals surface area contributed by atoms with Crippen molar-refractivity contribution in [3.05, 3.63) is 27.5 Å². The largest absolute Gasteiger partial charge is 0.397 e. The van der Waals surface area contributed by atoms with Gasteiger partial charge >= 0.3 is 0 Å². The number of fused-ring (bicyclic) bond motifs is 1. The molecule has 0 bridgehead atoms. The zero-order valence-corrected chi connectivity index (χ0v) is 14.0. The second-order valence-electron chi connectivity index (χ2n) is 5.49. The fraction of sp³-hybridized carbons (Fsp3) is 0.400. The lowest BCUT2D eigenvalue weighted by Crippen LogP contribution is -2.49. The number of halogens is 1. The standard InChI is InChI=1S/C15H18BrN3OS/c16-8-4-3-7-11-12(8)13(18)14(21-11)15(20)19-10-6-2-1-5-9(10)17/h3-4,7,9-10H,1-2,5-6,17-18H2,(H,19,20). The third-order valence-electron chi connectivity index (χ3n) is 4.04. The van der Waals surface area contributed by atoms with E-state index in [9.17, 15) is 4.79 Å². The first-order valence-corrected chi connectivity index (χ1v) is 8.72. The third kappa shape index (κ3) is 2.80. The SMILES string of the molecule is Nc1c(C(=O)NC2CCCCC2N)sc2cccc(Br)c12. The molecule has 1 fully saturated rings. The molecule has 1 aliphatic rings. The molecule has 1 aromatic carbocycles. The van der Waals surface area contributed by atoms with Crippen LogP contribution in [0.2, 0.25) is 0 Å². The van der Waals surface area contributed by atoms with Crippen LogP contribution in [0.4, 0.5) is 5.69 Å². The molecule has 1 aromatic heterocycles. The maximum Gasteiger partial charge on any atom is 0.263 e. The highest BCUT2D eigenvalue weighted by molar-refractivity contribution is 9.10. The minimum atomic E-state index is -0.108. The Morgan fingerprint density at radius 3 is 2.81 bits per heavy atom. The van der Waals surface area contributed by atoms with Crippen molar-refractivity contribution in [2.45, 2.75) is 37.8 Å². The summed E-state index contributed by atoms with van der Waals surface area (Å²) in [5.41, 5.74) is 12.8. The molecular weight excluding hydrogens is 350 g/mol. The molecule has 1 heterocycles. The lowest BCUT2D eigenvalue weighted by Gasteiger charge is -2.29. The number of amides is 1. The van der Waals surface area contributed by atoms with E-state index in [1.54, 1.807) is 0 Å². The average Bonchev–Trinajstić information content (AvgIpc) is 2.80. The number of nitrogen functional groups attached to an aromatic ring is 1. The number of nitrogens with one attached hydrogen (secondary N) is 1. The van der Waals surface area contributed by atoms with E-state index in [0.29, 0.717) is 10.6 Å². The second-order valence-corrected chi connectivity index (χ2v) is 7.39. The summed E-state index contributed by atoms with van der Waals surface area (Å²) in [6.07, 6.45) is 4.18. The fourth-order valence-electron chi connectivity index (χ4n) is 2.87. The number of rotatable bonds is 2. The van der Waals surface area contributed by atoms with E-state index in [4.69, 9.17) is 11.5 Å². The van der Waals surface area contributed by atoms with Gasteiger partial charge in [0.15, 0.2) is 0 Å². The molecule has 0 aliphatic heterocycles. The first-order chi connectivity index (χ1) is 10.1. The second kappa shape index (κ2) is 5.94. The van der Waals surface area contributed by atoms with Crippen LogP contribution in [-0.4, -0.2) is 18.0 Å². The molecule has 0 spiro atoms. The first kappa shape index (κ1) is 14.8. The topological polar surface area (TPSA) is 81.1 Å². The summed E-state index contributed by atoms with van der Waals surface area (Å²) >= 11 is 4.92. The summed E-state index contributed by atoms with van der Waals surface area (Å²) < 4.78 is 1.93. The summed E-state index contributed by atoms with van der Waals surface area (Å²) in [5.74, 6) is -0.108. The lowest BCUT2D eigenvalue weighted by atomic mass is 9.91. The van der Waals surface area contributed by atoms with Gasteiger partial charge in [0.1, 0.15) is 4.88 Å². The summed E-state index contributed by atoms with van der Waals surface area (Å²) in [6.45, 7) is 0. The maximum absolute atomic E-state index is 12.5. The van der Waals surface area contributed by atoms with E-state index in [1.807, 2.05) is 18.2 Å². The van der Waals surface area contributed by atoms with Gasteiger partial charge in [0.2, 0.25) is 0 Å². The van der Waals surface area contributed by atoms with Crippen molar-refractivity contribution in [1.29, 1.82) is 0 Å². The van der Waals surface area contributed by atoms with Gasteiger partial charge in [-0.1, -0.05) is 34.8 Å². The fourth-order valence-corrected chi connectivity index (χ4v) is 4.63. The maximum atomic E-state index is 12.5. The molecule has 112 valence electrons. The molecule has 3 rings (SSSR count). The number of hydrogen-bond donors (Lipinski definition) is 3. The van der Waals surface area contributed by atoms with Crippen LogP contribution in [0, 0.1) is 0 Å². The molecule has 2 atom stereocenters. The molecule has 5 N–H and O–H groups in total. The average molecular weight is 368 g/mol. The lowest BCUT2D eigenvalue weighted by molar-refractivity contribution is 0.0926. The number of anilines is 1. The molecule has 1 aliphatic carbocycles. The minimum Gasteiger partial charge on any atom is -0.397 e. The number of thiophene rings is 1. The highest BCUT2D eigenvalue weighted by Crippen LogP contribution is 2.38. The van der Waals surface area contributed by atoms with E-state index >= 15 is 0 Å². The van der Waals surface area contributed by atoms with Crippen molar-refractivity contribution < 1.29 is 4.79 Å². The van der Waals surface area contributed by atoms with Crippen molar-refractivity contribution in [2.24, 2.45) is 5.73 Å². The number of carbonyl (C=O) groups excluding carboxylic acids is 1. The Balaban J connectivity index is 1.88. The molecule has 1 amide bonds. The first-order valence-electron chi connectivity index (χ1n) is 7.11. The highest BCUT2D eigenvalue weighted by atomic mass is 79.9. The zero-order chi connectivity index (χ0) is 15.0. The van der Waals surface area contributed by atoms with E-state index in [0.717, 1.165) is 40.2 Å². The Morgan fingerprint density at radius 2 is 2.10 bits per heavy atom. The van der Waals surface area contributed by atoms with Crippen LogP contribution in [0.3, 0.4) is 0 Å². The molecule has 4 nitrogen and oxygen atoms in total. The molecule has 21 heavy (non-hydrogen) atoms. The van der Waals surface area contributed by atoms with Crippen LogP contribution < -0.4 is 16.8 Å². The molecule has 1 saturated carbocycles. The third-order valence-corrected chi connectivity index (χ3v) is 5.87. The van der Waals surface area contributed by atoms with Crippen molar-refractivity contribution in [3.8, 4) is 0 Å². The van der Waals surface area contributed by atoms with Gasteiger partial charge in [-0.3, -0.25) is 4.79 Å². The Labute approximate surface area is 136 Å². The normalized spacial score (nSPS) is 22.4. The smallest absolute Gasteiger partial charge is 0.263 e.